The third-order valence-electron chi connectivity index (χ3n) is 6.94. The van der Waals surface area contributed by atoms with E-state index in [2.05, 4.69) is 60.8 Å². The van der Waals surface area contributed by atoms with Crippen LogP contribution in [0.3, 0.4) is 0 Å². The Hall–Kier alpha value is -1.36. The Balaban J connectivity index is 0.00000289. The van der Waals surface area contributed by atoms with Crippen molar-refractivity contribution in [2.24, 2.45) is 5.92 Å². The molecule has 0 spiro atoms. The Bertz CT molecular complexity index is 957. The molecular formula is C27H38ClNO2S. The van der Waals surface area contributed by atoms with Crippen molar-refractivity contribution in [1.29, 1.82) is 0 Å². The molecule has 2 aromatic carbocycles. The highest BCUT2D eigenvalue weighted by molar-refractivity contribution is 7.91. The van der Waals surface area contributed by atoms with Gasteiger partial charge in [-0.3, -0.25) is 0 Å². The van der Waals surface area contributed by atoms with Crippen molar-refractivity contribution in [3.05, 3.63) is 70.8 Å². The topological polar surface area (TPSA) is 46.2 Å². The van der Waals surface area contributed by atoms with Crippen LogP contribution in [-0.4, -0.2) is 32.5 Å². The first-order valence-electron chi connectivity index (χ1n) is 12.1. The van der Waals surface area contributed by atoms with Gasteiger partial charge in [-0.25, -0.2) is 8.42 Å². The van der Waals surface area contributed by atoms with Crippen molar-refractivity contribution < 1.29 is 8.42 Å². The summed E-state index contributed by atoms with van der Waals surface area (Å²) in [5.74, 6) is 1.72. The molecule has 176 valence electrons. The van der Waals surface area contributed by atoms with Gasteiger partial charge in [0, 0.05) is 12.0 Å². The standard InChI is InChI=1S/C27H37NO2S.ClH/c1-2-28-27-16-15-24-14-13-22(10-6-7-17-31(29,30)20-23-11-12-23)18-25(24)26(27)19-21-8-4-3-5-9-21;/h3-5,8-9,13-14,18,23,26-28H,2,6-7,10-12,15-17,19-20H2,1H3;1H. The van der Waals surface area contributed by atoms with Gasteiger partial charge < -0.3 is 5.32 Å². The van der Waals surface area contributed by atoms with E-state index < -0.39 is 9.84 Å². The summed E-state index contributed by atoms with van der Waals surface area (Å²) in [5.41, 5.74) is 5.74. The molecule has 2 aromatic rings. The van der Waals surface area contributed by atoms with Crippen LogP contribution >= 0.6 is 12.4 Å². The molecule has 5 heteroatoms. The SMILES string of the molecule is CCNC1CCc2ccc(CCCCS(=O)(=O)CC3CC3)cc2C1Cc1ccccc1.Cl. The monoisotopic (exact) mass is 475 g/mol. The molecule has 1 N–H and O–H groups in total. The lowest BCUT2D eigenvalue weighted by atomic mass is 9.75. The molecule has 2 atom stereocenters. The fourth-order valence-electron chi connectivity index (χ4n) is 5.11. The zero-order valence-electron chi connectivity index (χ0n) is 19.3. The fraction of sp³-hybridized carbons (Fsp3) is 0.556. The lowest BCUT2D eigenvalue weighted by Gasteiger charge is -2.35. The number of halogens is 1. The Kier molecular flexibility index (Phi) is 9.22. The van der Waals surface area contributed by atoms with Gasteiger partial charge in [0.05, 0.1) is 11.5 Å². The number of hydrogen-bond donors (Lipinski definition) is 1. The van der Waals surface area contributed by atoms with Crippen molar-refractivity contribution in [3.63, 3.8) is 0 Å². The second-order valence-corrected chi connectivity index (χ2v) is 11.8. The molecule has 2 aliphatic carbocycles. The van der Waals surface area contributed by atoms with Crippen molar-refractivity contribution in [3.8, 4) is 0 Å². The van der Waals surface area contributed by atoms with Gasteiger partial charge in [-0.05, 0) is 86.1 Å². The minimum atomic E-state index is -2.85. The maximum absolute atomic E-state index is 12.2. The van der Waals surface area contributed by atoms with Gasteiger partial charge >= 0.3 is 0 Å². The third-order valence-corrected chi connectivity index (χ3v) is 8.83. The normalized spacial score (nSPS) is 20.4. The molecule has 2 unspecified atom stereocenters. The average Bonchev–Trinajstić information content (AvgIpc) is 3.57. The molecule has 0 amide bonds. The summed E-state index contributed by atoms with van der Waals surface area (Å²) in [5, 5.41) is 3.74. The predicted molar refractivity (Wildman–Crippen MR) is 137 cm³/mol. The zero-order chi connectivity index (χ0) is 21.7. The minimum Gasteiger partial charge on any atom is -0.314 e. The Labute approximate surface area is 200 Å². The summed E-state index contributed by atoms with van der Waals surface area (Å²) >= 11 is 0. The van der Waals surface area contributed by atoms with Crippen LogP contribution in [0.2, 0.25) is 0 Å². The summed E-state index contributed by atoms with van der Waals surface area (Å²) in [6.45, 7) is 3.20. The van der Waals surface area contributed by atoms with Gasteiger partial charge in [0.15, 0.2) is 9.84 Å². The highest BCUT2D eigenvalue weighted by Crippen LogP contribution is 2.35. The lowest BCUT2D eigenvalue weighted by Crippen LogP contribution is -2.39. The van der Waals surface area contributed by atoms with E-state index in [1.807, 2.05) is 0 Å². The first-order chi connectivity index (χ1) is 15.0. The number of unbranched alkanes of at least 4 members (excludes halogenated alkanes) is 1. The summed E-state index contributed by atoms with van der Waals surface area (Å²) in [7, 11) is -2.85. The highest BCUT2D eigenvalue weighted by Gasteiger charge is 2.30. The molecule has 0 bridgehead atoms. The van der Waals surface area contributed by atoms with Gasteiger partial charge in [-0.2, -0.15) is 0 Å². The summed E-state index contributed by atoms with van der Waals surface area (Å²) in [4.78, 5) is 0. The molecule has 0 aliphatic heterocycles. The van der Waals surface area contributed by atoms with Gasteiger partial charge in [0.2, 0.25) is 0 Å². The molecule has 0 heterocycles. The lowest BCUT2D eigenvalue weighted by molar-refractivity contribution is 0.392. The Morgan fingerprint density at radius 1 is 0.969 bits per heavy atom. The smallest absolute Gasteiger partial charge is 0.150 e. The average molecular weight is 476 g/mol. The maximum Gasteiger partial charge on any atom is 0.150 e. The molecule has 1 fully saturated rings. The van der Waals surface area contributed by atoms with E-state index in [9.17, 15) is 8.42 Å². The Morgan fingerprint density at radius 2 is 1.75 bits per heavy atom. The number of sulfone groups is 1. The van der Waals surface area contributed by atoms with Gasteiger partial charge in [-0.15, -0.1) is 12.4 Å². The molecule has 0 aromatic heterocycles. The van der Waals surface area contributed by atoms with Gasteiger partial charge in [-0.1, -0.05) is 55.5 Å². The molecule has 1 saturated carbocycles. The highest BCUT2D eigenvalue weighted by atomic mass is 35.5. The van der Waals surface area contributed by atoms with Crippen molar-refractivity contribution >= 4 is 22.2 Å². The fourth-order valence-corrected chi connectivity index (χ4v) is 6.97. The second-order valence-electron chi connectivity index (χ2n) is 9.55. The van der Waals surface area contributed by atoms with E-state index in [4.69, 9.17) is 0 Å². The molecule has 0 radical (unpaired) electrons. The van der Waals surface area contributed by atoms with Gasteiger partial charge in [0.1, 0.15) is 0 Å². The van der Waals surface area contributed by atoms with Crippen molar-refractivity contribution in [1.82, 2.24) is 5.32 Å². The molecule has 3 nitrogen and oxygen atoms in total. The zero-order valence-corrected chi connectivity index (χ0v) is 20.9. The summed E-state index contributed by atoms with van der Waals surface area (Å²) < 4.78 is 24.4. The van der Waals surface area contributed by atoms with Crippen LogP contribution in [-0.2, 0) is 29.1 Å². The number of nitrogens with one attached hydrogen (secondary N) is 1. The van der Waals surface area contributed by atoms with Crippen LogP contribution in [0.15, 0.2) is 48.5 Å². The molecule has 4 rings (SSSR count). The van der Waals surface area contributed by atoms with Crippen molar-refractivity contribution in [2.75, 3.05) is 18.1 Å². The van der Waals surface area contributed by atoms with E-state index in [0.717, 1.165) is 51.5 Å². The first-order valence-corrected chi connectivity index (χ1v) is 14.0. The van der Waals surface area contributed by atoms with E-state index >= 15 is 0 Å². The predicted octanol–water partition coefficient (Wildman–Crippen LogP) is 5.51. The molecule has 2 aliphatic rings. The van der Waals surface area contributed by atoms with Crippen LogP contribution in [0.1, 0.15) is 67.2 Å². The van der Waals surface area contributed by atoms with Crippen LogP contribution in [0.4, 0.5) is 0 Å². The van der Waals surface area contributed by atoms with E-state index in [1.54, 1.807) is 0 Å². The largest absolute Gasteiger partial charge is 0.314 e. The van der Waals surface area contributed by atoms with Crippen LogP contribution in [0.25, 0.3) is 0 Å². The minimum absolute atomic E-state index is 0. The molecular weight excluding hydrogens is 438 g/mol. The van der Waals surface area contributed by atoms with Crippen LogP contribution < -0.4 is 5.32 Å². The van der Waals surface area contributed by atoms with Crippen LogP contribution in [0.5, 0.6) is 0 Å². The maximum atomic E-state index is 12.2. The number of benzene rings is 2. The number of fused-ring (bicyclic) bond motifs is 1. The van der Waals surface area contributed by atoms with E-state index in [1.165, 1.54) is 28.7 Å². The number of likely N-dealkylation sites (N-methyl/N-ethyl adjacent to an activating group) is 1. The van der Waals surface area contributed by atoms with E-state index in [-0.39, 0.29) is 12.4 Å². The van der Waals surface area contributed by atoms with Gasteiger partial charge in [0.25, 0.3) is 0 Å². The summed E-state index contributed by atoms with van der Waals surface area (Å²) in [6, 6.07) is 18.4. The number of aryl methyl sites for hydroxylation is 2. The van der Waals surface area contributed by atoms with E-state index in [0.29, 0.717) is 29.4 Å². The number of rotatable bonds is 11. The van der Waals surface area contributed by atoms with Crippen LogP contribution in [0, 0.1) is 5.92 Å². The first kappa shape index (κ1) is 25.3. The molecule has 32 heavy (non-hydrogen) atoms. The third kappa shape index (κ3) is 7.07. The quantitative estimate of drug-likeness (QED) is 0.436. The number of hydrogen-bond acceptors (Lipinski definition) is 3. The second kappa shape index (κ2) is 11.7. The van der Waals surface area contributed by atoms with Crippen molar-refractivity contribution in [2.45, 2.75) is 70.3 Å². The molecule has 0 saturated heterocycles. The Morgan fingerprint density at radius 3 is 2.47 bits per heavy atom. The summed E-state index contributed by atoms with van der Waals surface area (Å²) in [6.07, 6.45) is 8.29.